The summed E-state index contributed by atoms with van der Waals surface area (Å²) in [6.07, 6.45) is 15.6. The molecular formula is C30H32O4. The molecule has 0 aliphatic heterocycles. The van der Waals surface area contributed by atoms with Crippen LogP contribution in [0.25, 0.3) is 0 Å². The van der Waals surface area contributed by atoms with Crippen molar-refractivity contribution in [3.05, 3.63) is 53.6 Å². The third-order valence-corrected chi connectivity index (χ3v) is 10.8. The number of benzene rings is 1. The Morgan fingerprint density at radius 2 is 1.91 bits per heavy atom. The molecule has 0 saturated heterocycles. The van der Waals surface area contributed by atoms with Crippen molar-refractivity contribution in [1.82, 2.24) is 0 Å². The Morgan fingerprint density at radius 1 is 1.03 bits per heavy atom. The molecule has 2 bridgehead atoms. The lowest BCUT2D eigenvalue weighted by atomic mass is 9.54. The molecule has 8 rings (SSSR count). The Balaban J connectivity index is 1.15. The minimum Gasteiger partial charge on any atom is -0.426 e. The van der Waals surface area contributed by atoms with Crippen LogP contribution in [0, 0.1) is 40.4 Å². The van der Waals surface area contributed by atoms with E-state index in [1.54, 1.807) is 6.08 Å². The smallest absolute Gasteiger partial charge is 0.322 e. The Kier molecular flexibility index (Phi) is 4.31. The Hall–Kier alpha value is -2.49. The van der Waals surface area contributed by atoms with E-state index >= 15 is 0 Å². The summed E-state index contributed by atoms with van der Waals surface area (Å²) in [5.74, 6) is 2.38. The number of aryl methyl sites for hydroxylation is 1. The van der Waals surface area contributed by atoms with Crippen LogP contribution in [0.2, 0.25) is 0 Å². The molecule has 0 aromatic heterocycles. The molecule has 0 amide bonds. The van der Waals surface area contributed by atoms with E-state index in [1.807, 2.05) is 12.1 Å². The number of carbonyl (C=O) groups excluding carboxylic acids is 3. The highest BCUT2D eigenvalue weighted by atomic mass is 16.5. The van der Waals surface area contributed by atoms with Crippen LogP contribution in [0.3, 0.4) is 0 Å². The van der Waals surface area contributed by atoms with Crippen LogP contribution in [-0.4, -0.2) is 17.5 Å². The number of hydrogen-bond acceptors (Lipinski definition) is 4. The van der Waals surface area contributed by atoms with Crippen molar-refractivity contribution >= 4 is 17.5 Å². The van der Waals surface area contributed by atoms with E-state index in [0.717, 1.165) is 51.4 Å². The summed E-state index contributed by atoms with van der Waals surface area (Å²) in [4.78, 5) is 38.9. The lowest BCUT2D eigenvalue weighted by Crippen LogP contribution is -2.52. The second-order valence-electron chi connectivity index (χ2n) is 12.0. The van der Waals surface area contributed by atoms with E-state index in [4.69, 9.17) is 4.74 Å². The summed E-state index contributed by atoms with van der Waals surface area (Å²) in [6.45, 7) is 2.21. The zero-order valence-corrected chi connectivity index (χ0v) is 19.8. The molecule has 3 saturated carbocycles. The molecule has 0 heterocycles. The molecule has 1 aromatic rings. The van der Waals surface area contributed by atoms with Crippen LogP contribution in [0.15, 0.2) is 42.5 Å². The molecule has 3 fully saturated rings. The lowest BCUT2D eigenvalue weighted by Gasteiger charge is -2.48. The summed E-state index contributed by atoms with van der Waals surface area (Å²) >= 11 is 0. The Morgan fingerprint density at radius 3 is 2.74 bits per heavy atom. The van der Waals surface area contributed by atoms with Gasteiger partial charge in [-0.25, -0.2) is 0 Å². The molecule has 7 aliphatic carbocycles. The van der Waals surface area contributed by atoms with Gasteiger partial charge in [0.1, 0.15) is 16.9 Å². The van der Waals surface area contributed by atoms with E-state index in [-0.39, 0.29) is 34.9 Å². The van der Waals surface area contributed by atoms with Crippen molar-refractivity contribution in [2.45, 2.75) is 64.2 Å². The Labute approximate surface area is 200 Å². The van der Waals surface area contributed by atoms with Gasteiger partial charge in [-0.05, 0) is 104 Å². The van der Waals surface area contributed by atoms with E-state index < -0.39 is 5.41 Å². The van der Waals surface area contributed by atoms with Gasteiger partial charge in [0, 0.05) is 17.8 Å². The van der Waals surface area contributed by atoms with Crippen molar-refractivity contribution < 1.29 is 19.1 Å². The SMILES string of the molecule is C[C@]12CC[C@H]3c4ccc(OC(=O)[C@@]56C=CC(=O)[C@@H]5[C@H]5C=C[C@H]6CC5)cc4CC[C@@H]3[C@@H]1CCC2=O. The fraction of sp³-hybridized carbons (Fsp3) is 0.567. The Bertz CT molecular complexity index is 1180. The van der Waals surface area contributed by atoms with Crippen LogP contribution in [0.5, 0.6) is 5.75 Å². The molecule has 4 nitrogen and oxygen atoms in total. The predicted molar refractivity (Wildman–Crippen MR) is 127 cm³/mol. The number of esters is 1. The van der Waals surface area contributed by atoms with Gasteiger partial charge in [0.05, 0.1) is 0 Å². The first-order valence-electron chi connectivity index (χ1n) is 13.2. The van der Waals surface area contributed by atoms with Gasteiger partial charge in [-0.3, -0.25) is 14.4 Å². The van der Waals surface area contributed by atoms with Crippen molar-refractivity contribution in [1.29, 1.82) is 0 Å². The molecule has 4 heteroatoms. The maximum atomic E-state index is 13.6. The quantitative estimate of drug-likeness (QED) is 0.342. The number of rotatable bonds is 2. The fourth-order valence-corrected chi connectivity index (χ4v) is 9.03. The summed E-state index contributed by atoms with van der Waals surface area (Å²) in [5.41, 5.74) is 1.74. The normalized spacial score (nSPS) is 43.3. The highest BCUT2D eigenvalue weighted by Gasteiger charge is 2.61. The largest absolute Gasteiger partial charge is 0.426 e. The number of Topliss-reactive ketones (excluding diaryl/α,β-unsaturated/α-hetero) is 1. The minimum absolute atomic E-state index is 0.0433. The number of hydrogen-bond donors (Lipinski definition) is 0. The molecule has 34 heavy (non-hydrogen) atoms. The maximum absolute atomic E-state index is 13.6. The number of allylic oxidation sites excluding steroid dienone is 3. The highest BCUT2D eigenvalue weighted by molar-refractivity contribution is 6.03. The van der Waals surface area contributed by atoms with Gasteiger partial charge in [-0.15, -0.1) is 0 Å². The minimum atomic E-state index is -0.835. The second-order valence-corrected chi connectivity index (χ2v) is 12.0. The molecular weight excluding hydrogens is 424 g/mol. The summed E-state index contributed by atoms with van der Waals surface area (Å²) in [6, 6.07) is 6.20. The number of ether oxygens (including phenoxy) is 1. The van der Waals surface area contributed by atoms with Crippen LogP contribution in [-0.2, 0) is 20.8 Å². The summed E-state index contributed by atoms with van der Waals surface area (Å²) in [7, 11) is 0. The van der Waals surface area contributed by atoms with E-state index in [0.29, 0.717) is 29.3 Å². The number of carbonyl (C=O) groups is 3. The molecule has 0 radical (unpaired) electrons. The van der Waals surface area contributed by atoms with Crippen molar-refractivity contribution in [3.63, 3.8) is 0 Å². The van der Waals surface area contributed by atoms with Crippen LogP contribution < -0.4 is 4.74 Å². The zero-order chi connectivity index (χ0) is 23.2. The third-order valence-electron chi connectivity index (χ3n) is 10.8. The van der Waals surface area contributed by atoms with Crippen LogP contribution in [0.1, 0.15) is 68.9 Å². The molecule has 7 aliphatic rings. The average Bonchev–Trinajstić information content (AvgIpc) is 3.38. The molecule has 0 unspecified atom stereocenters. The van der Waals surface area contributed by atoms with Gasteiger partial charge in [-0.1, -0.05) is 31.2 Å². The molecule has 8 atom stereocenters. The average molecular weight is 457 g/mol. The van der Waals surface area contributed by atoms with Gasteiger partial charge in [0.2, 0.25) is 0 Å². The van der Waals surface area contributed by atoms with Gasteiger partial charge >= 0.3 is 5.97 Å². The highest BCUT2D eigenvalue weighted by Crippen LogP contribution is 2.60. The van der Waals surface area contributed by atoms with Gasteiger partial charge in [0.25, 0.3) is 0 Å². The van der Waals surface area contributed by atoms with Crippen LogP contribution in [0.4, 0.5) is 0 Å². The van der Waals surface area contributed by atoms with Crippen molar-refractivity contribution in [2.75, 3.05) is 0 Å². The molecule has 0 N–H and O–H groups in total. The monoisotopic (exact) mass is 456 g/mol. The van der Waals surface area contributed by atoms with E-state index in [1.165, 1.54) is 11.1 Å². The van der Waals surface area contributed by atoms with Gasteiger partial charge in [-0.2, -0.15) is 0 Å². The van der Waals surface area contributed by atoms with E-state index in [9.17, 15) is 14.4 Å². The fourth-order valence-electron chi connectivity index (χ4n) is 9.03. The predicted octanol–water partition coefficient (Wildman–Crippen LogP) is 5.35. The first kappa shape index (κ1) is 20.8. The molecule has 0 spiro atoms. The molecule has 176 valence electrons. The summed E-state index contributed by atoms with van der Waals surface area (Å²) in [5, 5.41) is 0. The van der Waals surface area contributed by atoms with E-state index in [2.05, 4.69) is 31.2 Å². The number of fused-ring (bicyclic) bond motifs is 6. The molecule has 1 aromatic carbocycles. The summed E-state index contributed by atoms with van der Waals surface area (Å²) < 4.78 is 6.04. The lowest BCUT2D eigenvalue weighted by molar-refractivity contribution is -0.155. The topological polar surface area (TPSA) is 60.4 Å². The van der Waals surface area contributed by atoms with Crippen LogP contribution >= 0.6 is 0 Å². The van der Waals surface area contributed by atoms with Gasteiger partial charge in [0.15, 0.2) is 5.78 Å². The zero-order valence-electron chi connectivity index (χ0n) is 19.8. The van der Waals surface area contributed by atoms with Crippen molar-refractivity contribution in [2.24, 2.45) is 40.4 Å². The third kappa shape index (κ3) is 2.58. The van der Waals surface area contributed by atoms with Crippen molar-refractivity contribution in [3.8, 4) is 5.75 Å². The first-order chi connectivity index (χ1) is 16.4. The first-order valence-corrected chi connectivity index (χ1v) is 13.2. The second kappa shape index (κ2) is 7.02. The number of ketones is 2. The standard InChI is InChI=1S/C30H32O4/c1-29-14-12-22-21-9-7-20(16-18(21)4-8-23(22)24(29)10-11-26(29)32)34-28(33)30-15-13-25(31)27(30)17-2-5-19(30)6-3-17/h2,5,7,9,13,15-17,19,22-24,27H,3-4,6,8,10-12,14H2,1H3/t17-,19-,22-,23-,24-,27-,29-,30+/m0/s1. The van der Waals surface area contributed by atoms with Gasteiger partial charge < -0.3 is 4.74 Å². The maximum Gasteiger partial charge on any atom is 0.322 e.